The maximum Gasteiger partial charge on any atom is 0.386 e. The van der Waals surface area contributed by atoms with Gasteiger partial charge in [0.15, 0.2) is 11.6 Å². The summed E-state index contributed by atoms with van der Waals surface area (Å²) in [5.74, 6) is -3.59. The lowest BCUT2D eigenvalue weighted by Gasteiger charge is -2.15. The summed E-state index contributed by atoms with van der Waals surface area (Å²) in [7, 11) is 1.80. The van der Waals surface area contributed by atoms with Crippen molar-refractivity contribution in [1.29, 1.82) is 0 Å². The first-order chi connectivity index (χ1) is 6.94. The van der Waals surface area contributed by atoms with Gasteiger partial charge < -0.3 is 9.47 Å². The highest BCUT2D eigenvalue weighted by Gasteiger charge is 2.36. The zero-order chi connectivity index (χ0) is 11.6. The molecule has 0 saturated heterocycles. The second-order valence-corrected chi connectivity index (χ2v) is 2.66. The zero-order valence-electron chi connectivity index (χ0n) is 7.98. The van der Waals surface area contributed by atoms with Gasteiger partial charge in [0, 0.05) is 7.11 Å². The molecular weight excluding hydrogens is 216 g/mol. The van der Waals surface area contributed by atoms with E-state index in [2.05, 4.69) is 9.47 Å². The lowest BCUT2D eigenvalue weighted by molar-refractivity contribution is -0.233. The summed E-state index contributed by atoms with van der Waals surface area (Å²) in [6.07, 6.45) is -3.86. The first kappa shape index (κ1) is 11.8. The molecule has 0 spiro atoms. The van der Waals surface area contributed by atoms with Crippen molar-refractivity contribution in [2.24, 2.45) is 0 Å². The Morgan fingerprint density at radius 2 is 1.67 bits per heavy atom. The third kappa shape index (κ3) is 2.04. The van der Waals surface area contributed by atoms with Gasteiger partial charge in [0.05, 0.1) is 12.7 Å². The third-order valence-corrected chi connectivity index (χ3v) is 1.84. The number of hydrogen-bond donors (Lipinski definition) is 0. The average molecular weight is 224 g/mol. The molecule has 0 unspecified atom stereocenters. The van der Waals surface area contributed by atoms with Gasteiger partial charge in [-0.25, -0.2) is 4.39 Å². The predicted octanol–water partition coefficient (Wildman–Crippen LogP) is 2.67. The van der Waals surface area contributed by atoms with Gasteiger partial charge in [-0.15, -0.1) is 0 Å². The van der Waals surface area contributed by atoms with Crippen molar-refractivity contribution in [2.45, 2.75) is 6.11 Å². The van der Waals surface area contributed by atoms with Crippen LogP contribution in [0.25, 0.3) is 0 Å². The molecule has 1 aromatic rings. The Morgan fingerprint density at radius 1 is 1.07 bits per heavy atom. The van der Waals surface area contributed by atoms with E-state index < -0.39 is 29.1 Å². The highest BCUT2D eigenvalue weighted by molar-refractivity contribution is 5.32. The molecule has 0 heterocycles. The third-order valence-electron chi connectivity index (χ3n) is 1.84. The summed E-state index contributed by atoms with van der Waals surface area (Å²) < 4.78 is 60.1. The fraction of sp³-hybridized carbons (Fsp3) is 0.333. The Bertz CT molecular complexity index is 365. The molecule has 2 nitrogen and oxygen atoms in total. The molecule has 0 N–H and O–H groups in total. The van der Waals surface area contributed by atoms with Crippen LogP contribution >= 0.6 is 0 Å². The Labute approximate surface area is 83.4 Å². The second kappa shape index (κ2) is 4.06. The molecule has 0 atom stereocenters. The monoisotopic (exact) mass is 224 g/mol. The summed E-state index contributed by atoms with van der Waals surface area (Å²) in [6.45, 7) is 0. The summed E-state index contributed by atoms with van der Waals surface area (Å²) in [6, 6.07) is 1.61. The topological polar surface area (TPSA) is 18.5 Å². The van der Waals surface area contributed by atoms with Crippen LogP contribution in [0.2, 0.25) is 0 Å². The van der Waals surface area contributed by atoms with Crippen LogP contribution in [0.15, 0.2) is 12.1 Å². The zero-order valence-corrected chi connectivity index (χ0v) is 7.98. The number of methoxy groups -OCH3 is 2. The van der Waals surface area contributed by atoms with Gasteiger partial charge in [-0.05, 0) is 12.1 Å². The van der Waals surface area contributed by atoms with Crippen molar-refractivity contribution in [3.63, 3.8) is 0 Å². The number of rotatable bonds is 3. The SMILES string of the molecule is COc1ccc(C(F)(F)OC)c(F)c1F. The summed E-state index contributed by atoms with van der Waals surface area (Å²) >= 11 is 0. The van der Waals surface area contributed by atoms with Crippen LogP contribution in [0.4, 0.5) is 17.6 Å². The van der Waals surface area contributed by atoms with Gasteiger partial charge >= 0.3 is 6.11 Å². The highest BCUT2D eigenvalue weighted by atomic mass is 19.3. The molecule has 0 bridgehead atoms. The molecule has 0 fully saturated rings. The Kier molecular flexibility index (Phi) is 3.18. The highest BCUT2D eigenvalue weighted by Crippen LogP contribution is 2.34. The van der Waals surface area contributed by atoms with Gasteiger partial charge in [0.25, 0.3) is 0 Å². The molecular formula is C9H8F4O2. The molecule has 0 aliphatic carbocycles. The second-order valence-electron chi connectivity index (χ2n) is 2.66. The number of halogens is 4. The molecule has 84 valence electrons. The van der Waals surface area contributed by atoms with E-state index in [4.69, 9.17) is 0 Å². The average Bonchev–Trinajstić information content (AvgIpc) is 2.21. The van der Waals surface area contributed by atoms with E-state index in [9.17, 15) is 17.6 Å². The molecule has 0 saturated carbocycles. The lowest BCUT2D eigenvalue weighted by atomic mass is 10.2. The maximum atomic E-state index is 13.1. The number of hydrogen-bond acceptors (Lipinski definition) is 2. The largest absolute Gasteiger partial charge is 0.494 e. The van der Waals surface area contributed by atoms with E-state index in [1.54, 1.807) is 0 Å². The molecule has 0 radical (unpaired) electrons. The first-order valence-electron chi connectivity index (χ1n) is 3.89. The van der Waals surface area contributed by atoms with Crippen LogP contribution in [0.5, 0.6) is 5.75 Å². The van der Waals surface area contributed by atoms with Gasteiger partial charge in [-0.2, -0.15) is 13.2 Å². The van der Waals surface area contributed by atoms with E-state index in [1.165, 1.54) is 0 Å². The number of ether oxygens (including phenoxy) is 2. The van der Waals surface area contributed by atoms with Crippen molar-refractivity contribution in [1.82, 2.24) is 0 Å². The van der Waals surface area contributed by atoms with Crippen LogP contribution in [-0.2, 0) is 10.8 Å². The summed E-state index contributed by atoms with van der Waals surface area (Å²) in [5.41, 5.74) is -1.16. The van der Waals surface area contributed by atoms with Gasteiger partial charge in [0.1, 0.15) is 0 Å². The molecule has 15 heavy (non-hydrogen) atoms. The van der Waals surface area contributed by atoms with Crippen molar-refractivity contribution in [3.05, 3.63) is 29.3 Å². The van der Waals surface area contributed by atoms with Crippen LogP contribution in [0.3, 0.4) is 0 Å². The minimum atomic E-state index is -3.86. The fourth-order valence-electron chi connectivity index (χ4n) is 1.02. The molecule has 6 heteroatoms. The minimum Gasteiger partial charge on any atom is -0.494 e. The predicted molar refractivity (Wildman–Crippen MR) is 43.8 cm³/mol. The lowest BCUT2D eigenvalue weighted by Crippen LogP contribution is -2.18. The molecule has 0 aliphatic heterocycles. The van der Waals surface area contributed by atoms with Crippen molar-refractivity contribution in [2.75, 3.05) is 14.2 Å². The molecule has 1 aromatic carbocycles. The van der Waals surface area contributed by atoms with Gasteiger partial charge in [-0.3, -0.25) is 0 Å². The standard InChI is InChI=1S/C9H8F4O2/c1-14-6-4-3-5(7(10)8(6)11)9(12,13)15-2/h3-4H,1-2H3. The number of alkyl halides is 2. The van der Waals surface area contributed by atoms with Gasteiger partial charge in [0.2, 0.25) is 5.82 Å². The normalized spacial score (nSPS) is 11.6. The van der Waals surface area contributed by atoms with E-state index in [1.807, 2.05) is 0 Å². The van der Waals surface area contributed by atoms with Crippen LogP contribution in [0, 0.1) is 11.6 Å². The van der Waals surface area contributed by atoms with Crippen molar-refractivity contribution < 1.29 is 27.0 Å². The van der Waals surface area contributed by atoms with E-state index in [-0.39, 0.29) is 0 Å². The minimum absolute atomic E-state index is 0.442. The van der Waals surface area contributed by atoms with Crippen LogP contribution in [-0.4, -0.2) is 14.2 Å². The summed E-state index contributed by atoms with van der Waals surface area (Å²) in [4.78, 5) is 0. The van der Waals surface area contributed by atoms with Gasteiger partial charge in [-0.1, -0.05) is 0 Å². The number of benzene rings is 1. The molecule has 0 aromatic heterocycles. The van der Waals surface area contributed by atoms with Crippen LogP contribution in [0.1, 0.15) is 5.56 Å². The summed E-state index contributed by atoms with van der Waals surface area (Å²) in [5, 5.41) is 0. The smallest absolute Gasteiger partial charge is 0.386 e. The molecule has 0 amide bonds. The Balaban J connectivity index is 3.29. The quantitative estimate of drug-likeness (QED) is 0.735. The Hall–Kier alpha value is -1.30. The van der Waals surface area contributed by atoms with E-state index in [0.717, 1.165) is 13.2 Å². The Morgan fingerprint density at radius 3 is 2.13 bits per heavy atom. The van der Waals surface area contributed by atoms with E-state index in [0.29, 0.717) is 13.2 Å². The van der Waals surface area contributed by atoms with Crippen LogP contribution < -0.4 is 4.74 Å². The van der Waals surface area contributed by atoms with E-state index >= 15 is 0 Å². The van der Waals surface area contributed by atoms with Crippen molar-refractivity contribution >= 4 is 0 Å². The molecule has 1 rings (SSSR count). The van der Waals surface area contributed by atoms with Crippen molar-refractivity contribution in [3.8, 4) is 5.75 Å². The molecule has 0 aliphatic rings. The fourth-order valence-corrected chi connectivity index (χ4v) is 1.02. The maximum absolute atomic E-state index is 13.1. The first-order valence-corrected chi connectivity index (χ1v) is 3.89.